The van der Waals surface area contributed by atoms with Crippen LogP contribution in [-0.4, -0.2) is 30.2 Å². The van der Waals surface area contributed by atoms with Gasteiger partial charge in [0.05, 0.1) is 12.3 Å². The highest BCUT2D eigenvalue weighted by Crippen LogP contribution is 2.20. The summed E-state index contributed by atoms with van der Waals surface area (Å²) < 4.78 is 0. The van der Waals surface area contributed by atoms with Crippen molar-refractivity contribution < 1.29 is 9.59 Å². The summed E-state index contributed by atoms with van der Waals surface area (Å²) in [5.74, 6) is 0.758. The molecule has 1 saturated carbocycles. The van der Waals surface area contributed by atoms with E-state index in [0.29, 0.717) is 22.6 Å². The van der Waals surface area contributed by atoms with Crippen molar-refractivity contribution in [1.29, 1.82) is 0 Å². The Balaban J connectivity index is 1.60. The van der Waals surface area contributed by atoms with Crippen molar-refractivity contribution in [1.82, 2.24) is 10.6 Å². The van der Waals surface area contributed by atoms with Gasteiger partial charge in [0.1, 0.15) is 0 Å². The van der Waals surface area contributed by atoms with Crippen LogP contribution in [0.3, 0.4) is 0 Å². The number of nitrogens with one attached hydrogen (secondary N) is 2. The first kappa shape index (κ1) is 15.2. The predicted octanol–water partition coefficient (Wildman–Crippen LogP) is 1.97. The molecule has 1 fully saturated rings. The molecule has 2 N–H and O–H groups in total. The molecule has 0 radical (unpaired) electrons. The van der Waals surface area contributed by atoms with E-state index in [2.05, 4.69) is 10.6 Å². The van der Waals surface area contributed by atoms with E-state index in [1.807, 2.05) is 24.3 Å². The number of carbonyl (C=O) groups is 2. The Bertz CT molecular complexity index is 492. The molecular formula is C14H17ClN2O2S. The topological polar surface area (TPSA) is 58.2 Å². The fourth-order valence-electron chi connectivity index (χ4n) is 1.61. The molecule has 6 heteroatoms. The standard InChI is InChI=1S/C14H17ClN2O2S/c15-12-4-2-1-3-10(12)8-20-9-14(19)16-7-13(18)17-11-5-6-11/h1-4,11H,5-9H2,(H,16,19)(H,17,18). The first-order valence-electron chi connectivity index (χ1n) is 6.52. The minimum atomic E-state index is -0.131. The van der Waals surface area contributed by atoms with Gasteiger partial charge in [-0.3, -0.25) is 9.59 Å². The molecule has 0 spiro atoms. The van der Waals surface area contributed by atoms with Gasteiger partial charge in [0.15, 0.2) is 0 Å². The van der Waals surface area contributed by atoms with Gasteiger partial charge in [0, 0.05) is 16.8 Å². The molecule has 108 valence electrons. The largest absolute Gasteiger partial charge is 0.352 e. The summed E-state index contributed by atoms with van der Waals surface area (Å²) in [5.41, 5.74) is 1.01. The van der Waals surface area contributed by atoms with Crippen LogP contribution in [0.2, 0.25) is 5.02 Å². The van der Waals surface area contributed by atoms with Gasteiger partial charge in [-0.2, -0.15) is 0 Å². The van der Waals surface area contributed by atoms with Crippen LogP contribution >= 0.6 is 23.4 Å². The van der Waals surface area contributed by atoms with E-state index in [9.17, 15) is 9.59 Å². The average molecular weight is 313 g/mol. The summed E-state index contributed by atoms with van der Waals surface area (Å²) in [6.07, 6.45) is 2.10. The van der Waals surface area contributed by atoms with Crippen LogP contribution in [0.15, 0.2) is 24.3 Å². The molecule has 0 bridgehead atoms. The SMILES string of the molecule is O=C(CSCc1ccccc1Cl)NCC(=O)NC1CC1. The summed E-state index contributed by atoms with van der Waals surface area (Å²) in [5, 5.41) is 6.14. The molecule has 0 atom stereocenters. The molecule has 0 heterocycles. The third kappa shape index (κ3) is 5.43. The van der Waals surface area contributed by atoms with Gasteiger partial charge in [0.25, 0.3) is 0 Å². The zero-order valence-corrected chi connectivity index (χ0v) is 12.6. The molecule has 0 aromatic heterocycles. The van der Waals surface area contributed by atoms with E-state index in [1.165, 1.54) is 11.8 Å². The summed E-state index contributed by atoms with van der Waals surface area (Å²) in [6.45, 7) is 0.0575. The highest BCUT2D eigenvalue weighted by molar-refractivity contribution is 7.99. The molecular weight excluding hydrogens is 296 g/mol. The molecule has 1 aromatic carbocycles. The van der Waals surface area contributed by atoms with Crippen molar-refractivity contribution >= 4 is 35.2 Å². The maximum absolute atomic E-state index is 11.6. The quantitative estimate of drug-likeness (QED) is 0.809. The summed E-state index contributed by atoms with van der Waals surface area (Å²) in [4.78, 5) is 23.0. The fourth-order valence-corrected chi connectivity index (χ4v) is 2.75. The van der Waals surface area contributed by atoms with E-state index in [4.69, 9.17) is 11.6 Å². The molecule has 2 rings (SSSR count). The maximum atomic E-state index is 11.6. The van der Waals surface area contributed by atoms with Gasteiger partial charge in [0.2, 0.25) is 11.8 Å². The second kappa shape index (κ2) is 7.55. The lowest BCUT2D eigenvalue weighted by molar-refractivity contribution is -0.124. The van der Waals surface area contributed by atoms with Gasteiger partial charge < -0.3 is 10.6 Å². The third-order valence-electron chi connectivity index (χ3n) is 2.84. The van der Waals surface area contributed by atoms with E-state index in [1.54, 1.807) is 0 Å². The Morgan fingerprint density at radius 2 is 2.00 bits per heavy atom. The van der Waals surface area contributed by atoms with Crippen molar-refractivity contribution in [3.05, 3.63) is 34.9 Å². The molecule has 0 saturated heterocycles. The van der Waals surface area contributed by atoms with E-state index < -0.39 is 0 Å². The van der Waals surface area contributed by atoms with Crippen LogP contribution in [0, 0.1) is 0 Å². The molecule has 0 unspecified atom stereocenters. The Morgan fingerprint density at radius 3 is 2.70 bits per heavy atom. The van der Waals surface area contributed by atoms with Gasteiger partial charge in [-0.1, -0.05) is 29.8 Å². The van der Waals surface area contributed by atoms with Gasteiger partial charge >= 0.3 is 0 Å². The molecule has 1 aromatic rings. The second-order valence-electron chi connectivity index (χ2n) is 4.70. The summed E-state index contributed by atoms with van der Waals surface area (Å²) in [7, 11) is 0. The Hall–Kier alpha value is -1.20. The number of carbonyl (C=O) groups excluding carboxylic acids is 2. The second-order valence-corrected chi connectivity index (χ2v) is 6.10. The normalized spacial score (nSPS) is 13.8. The molecule has 1 aliphatic carbocycles. The Labute approximate surface area is 127 Å². The fraction of sp³-hybridized carbons (Fsp3) is 0.429. The zero-order chi connectivity index (χ0) is 14.4. The highest BCUT2D eigenvalue weighted by Gasteiger charge is 2.23. The van der Waals surface area contributed by atoms with Crippen molar-refractivity contribution in [2.24, 2.45) is 0 Å². The molecule has 4 nitrogen and oxygen atoms in total. The minimum Gasteiger partial charge on any atom is -0.352 e. The van der Waals surface area contributed by atoms with Crippen LogP contribution in [0.1, 0.15) is 18.4 Å². The number of rotatable bonds is 7. The molecule has 1 aliphatic rings. The first-order valence-corrected chi connectivity index (χ1v) is 8.05. The van der Waals surface area contributed by atoms with Gasteiger partial charge in [-0.25, -0.2) is 0 Å². The monoisotopic (exact) mass is 312 g/mol. The molecule has 2 amide bonds. The van der Waals surface area contributed by atoms with Crippen molar-refractivity contribution in [2.45, 2.75) is 24.6 Å². The number of halogens is 1. The predicted molar refractivity (Wildman–Crippen MR) is 81.8 cm³/mol. The van der Waals surface area contributed by atoms with E-state index >= 15 is 0 Å². The summed E-state index contributed by atoms with van der Waals surface area (Å²) in [6, 6.07) is 7.90. The Morgan fingerprint density at radius 1 is 1.25 bits per heavy atom. The zero-order valence-electron chi connectivity index (χ0n) is 11.0. The number of benzene rings is 1. The number of hydrogen-bond donors (Lipinski definition) is 2. The van der Waals surface area contributed by atoms with Crippen LogP contribution < -0.4 is 10.6 Å². The lowest BCUT2D eigenvalue weighted by atomic mass is 10.2. The number of amides is 2. The smallest absolute Gasteiger partial charge is 0.239 e. The minimum absolute atomic E-state index is 0.0575. The highest BCUT2D eigenvalue weighted by atomic mass is 35.5. The maximum Gasteiger partial charge on any atom is 0.239 e. The lowest BCUT2D eigenvalue weighted by Gasteiger charge is -2.06. The molecule has 20 heavy (non-hydrogen) atoms. The van der Waals surface area contributed by atoms with E-state index in [-0.39, 0.29) is 18.4 Å². The van der Waals surface area contributed by atoms with E-state index in [0.717, 1.165) is 18.4 Å². The van der Waals surface area contributed by atoms with Gasteiger partial charge in [-0.15, -0.1) is 11.8 Å². The number of hydrogen-bond acceptors (Lipinski definition) is 3. The number of thioether (sulfide) groups is 1. The first-order chi connectivity index (χ1) is 9.65. The molecule has 0 aliphatic heterocycles. The van der Waals surface area contributed by atoms with Crippen LogP contribution in [-0.2, 0) is 15.3 Å². The average Bonchev–Trinajstić information content (AvgIpc) is 3.22. The summed E-state index contributed by atoms with van der Waals surface area (Å²) >= 11 is 7.51. The van der Waals surface area contributed by atoms with Crippen LogP contribution in [0.5, 0.6) is 0 Å². The van der Waals surface area contributed by atoms with Crippen molar-refractivity contribution in [3.8, 4) is 0 Å². The van der Waals surface area contributed by atoms with Crippen LogP contribution in [0.4, 0.5) is 0 Å². The van der Waals surface area contributed by atoms with Gasteiger partial charge in [-0.05, 0) is 24.5 Å². The Kier molecular flexibility index (Phi) is 5.73. The third-order valence-corrected chi connectivity index (χ3v) is 4.19. The van der Waals surface area contributed by atoms with Crippen molar-refractivity contribution in [2.75, 3.05) is 12.3 Å². The lowest BCUT2D eigenvalue weighted by Crippen LogP contribution is -2.38. The van der Waals surface area contributed by atoms with Crippen molar-refractivity contribution in [3.63, 3.8) is 0 Å². The van der Waals surface area contributed by atoms with Crippen LogP contribution in [0.25, 0.3) is 0 Å².